The van der Waals surface area contributed by atoms with Crippen molar-refractivity contribution < 1.29 is 19.9 Å². The first-order valence-corrected chi connectivity index (χ1v) is 4.12. The normalized spacial score (nSPS) is 10.5. The molecule has 0 amide bonds. The molecular formula is C9H11NO4. The molecule has 0 aliphatic heterocycles. The van der Waals surface area contributed by atoms with Crippen molar-refractivity contribution in [3.8, 4) is 0 Å². The van der Waals surface area contributed by atoms with Crippen molar-refractivity contribution in [3.05, 3.63) is 23.0 Å². The second-order valence-corrected chi connectivity index (χ2v) is 3.27. The van der Waals surface area contributed by atoms with E-state index in [0.29, 0.717) is 16.6 Å². The number of carbonyl (C=O) groups excluding carboxylic acids is 1. The molecule has 0 aromatic carbocycles. The lowest BCUT2D eigenvalue weighted by atomic mass is 9.99. The summed E-state index contributed by atoms with van der Waals surface area (Å²) in [4.78, 5) is 21.4. The van der Waals surface area contributed by atoms with Crippen LogP contribution in [0.2, 0.25) is 0 Å². The third-order valence-electron chi connectivity index (χ3n) is 1.96. The second kappa shape index (κ2) is 3.53. The molecule has 0 atom stereocenters. The molecule has 0 fully saturated rings. The van der Waals surface area contributed by atoms with Gasteiger partial charge in [-0.2, -0.15) is 4.73 Å². The standard InChI is InChI=1S/C9H11NO4/c1-5(2)7-6(4-11)3-10(14)8(7)9(12)13/h3-5,14H,1-2H3,(H,12,13). The van der Waals surface area contributed by atoms with Gasteiger partial charge in [0, 0.05) is 11.1 Å². The molecule has 1 rings (SSSR count). The smallest absolute Gasteiger partial charge is 0.356 e. The largest absolute Gasteiger partial charge is 0.476 e. The highest BCUT2D eigenvalue weighted by Crippen LogP contribution is 2.24. The molecule has 14 heavy (non-hydrogen) atoms. The second-order valence-electron chi connectivity index (χ2n) is 3.27. The van der Waals surface area contributed by atoms with Crippen molar-refractivity contribution in [2.45, 2.75) is 19.8 Å². The van der Waals surface area contributed by atoms with Crippen LogP contribution in [0.1, 0.15) is 46.2 Å². The molecule has 2 N–H and O–H groups in total. The highest BCUT2D eigenvalue weighted by Gasteiger charge is 2.22. The zero-order valence-electron chi connectivity index (χ0n) is 7.89. The number of carboxylic acids is 1. The Morgan fingerprint density at radius 1 is 1.57 bits per heavy atom. The number of aromatic carboxylic acids is 1. The molecule has 0 aliphatic rings. The molecule has 1 aromatic heterocycles. The van der Waals surface area contributed by atoms with Crippen LogP contribution in [0.25, 0.3) is 0 Å². The van der Waals surface area contributed by atoms with Crippen LogP contribution in [0.15, 0.2) is 6.20 Å². The number of hydrogen-bond donors (Lipinski definition) is 2. The molecule has 0 bridgehead atoms. The lowest BCUT2D eigenvalue weighted by molar-refractivity contribution is 0.0641. The van der Waals surface area contributed by atoms with E-state index in [1.165, 1.54) is 0 Å². The van der Waals surface area contributed by atoms with Crippen molar-refractivity contribution in [1.29, 1.82) is 0 Å². The van der Waals surface area contributed by atoms with Gasteiger partial charge in [-0.3, -0.25) is 4.79 Å². The van der Waals surface area contributed by atoms with E-state index in [0.717, 1.165) is 6.20 Å². The maximum absolute atomic E-state index is 10.8. The lowest BCUT2D eigenvalue weighted by Gasteiger charge is -2.05. The van der Waals surface area contributed by atoms with E-state index in [4.69, 9.17) is 5.11 Å². The summed E-state index contributed by atoms with van der Waals surface area (Å²) in [6.07, 6.45) is 1.64. The predicted octanol–water partition coefficient (Wildman–Crippen LogP) is 1.36. The molecule has 0 saturated heterocycles. The summed E-state index contributed by atoms with van der Waals surface area (Å²) in [5.74, 6) is -1.38. The Balaban J connectivity index is 3.46. The predicted molar refractivity (Wildman–Crippen MR) is 48.1 cm³/mol. The van der Waals surface area contributed by atoms with Crippen molar-refractivity contribution >= 4 is 12.3 Å². The van der Waals surface area contributed by atoms with Crippen LogP contribution >= 0.6 is 0 Å². The molecule has 0 saturated carbocycles. The minimum Gasteiger partial charge on any atom is -0.476 e. The van der Waals surface area contributed by atoms with Crippen LogP contribution in [0, 0.1) is 0 Å². The number of aromatic nitrogens is 1. The average Bonchev–Trinajstić information content (AvgIpc) is 2.41. The number of aldehydes is 1. The summed E-state index contributed by atoms with van der Waals surface area (Å²) >= 11 is 0. The summed E-state index contributed by atoms with van der Waals surface area (Å²) in [6, 6.07) is 0. The minimum absolute atomic E-state index is 0.130. The van der Waals surface area contributed by atoms with E-state index in [2.05, 4.69) is 0 Å². The summed E-state index contributed by atoms with van der Waals surface area (Å²) in [5.41, 5.74) is 0.317. The Bertz CT molecular complexity index is 378. The zero-order chi connectivity index (χ0) is 10.9. The molecule has 1 heterocycles. The maximum atomic E-state index is 10.8. The zero-order valence-corrected chi connectivity index (χ0v) is 7.89. The molecule has 0 aliphatic carbocycles. The molecule has 1 aromatic rings. The topological polar surface area (TPSA) is 79.5 Å². The first-order valence-electron chi connectivity index (χ1n) is 4.12. The van der Waals surface area contributed by atoms with Crippen LogP contribution in [-0.4, -0.2) is 27.3 Å². The van der Waals surface area contributed by atoms with E-state index < -0.39 is 5.97 Å². The molecular weight excluding hydrogens is 186 g/mol. The molecule has 76 valence electrons. The van der Waals surface area contributed by atoms with E-state index in [1.54, 1.807) is 13.8 Å². The Labute approximate surface area is 80.5 Å². The van der Waals surface area contributed by atoms with Gasteiger partial charge in [0.15, 0.2) is 12.0 Å². The van der Waals surface area contributed by atoms with Crippen molar-refractivity contribution in [3.63, 3.8) is 0 Å². The number of carbonyl (C=O) groups is 2. The third-order valence-corrected chi connectivity index (χ3v) is 1.96. The van der Waals surface area contributed by atoms with E-state index in [9.17, 15) is 14.8 Å². The number of carboxylic acid groups (broad SMARTS) is 1. The van der Waals surface area contributed by atoms with E-state index in [-0.39, 0.29) is 17.2 Å². The third kappa shape index (κ3) is 1.48. The first kappa shape index (κ1) is 10.3. The van der Waals surface area contributed by atoms with Gasteiger partial charge < -0.3 is 10.3 Å². The molecule has 0 radical (unpaired) electrons. The molecule has 0 spiro atoms. The highest BCUT2D eigenvalue weighted by atomic mass is 16.5. The number of rotatable bonds is 3. The molecule has 0 unspecified atom stereocenters. The monoisotopic (exact) mass is 197 g/mol. The Morgan fingerprint density at radius 3 is 2.50 bits per heavy atom. The highest BCUT2D eigenvalue weighted by molar-refractivity contribution is 5.92. The van der Waals surface area contributed by atoms with Gasteiger partial charge in [0.1, 0.15) is 0 Å². The number of nitrogens with zero attached hydrogens (tertiary/aromatic N) is 1. The van der Waals surface area contributed by atoms with Gasteiger partial charge in [0.2, 0.25) is 0 Å². The lowest BCUT2D eigenvalue weighted by Crippen LogP contribution is -2.08. The first-order chi connectivity index (χ1) is 6.49. The Morgan fingerprint density at radius 2 is 2.14 bits per heavy atom. The van der Waals surface area contributed by atoms with Crippen LogP contribution in [0.3, 0.4) is 0 Å². The van der Waals surface area contributed by atoms with Gasteiger partial charge in [0.25, 0.3) is 0 Å². The van der Waals surface area contributed by atoms with Gasteiger partial charge in [0.05, 0.1) is 6.20 Å². The van der Waals surface area contributed by atoms with Crippen LogP contribution in [-0.2, 0) is 0 Å². The Hall–Kier alpha value is -1.78. The number of hydrogen-bond acceptors (Lipinski definition) is 3. The fraction of sp³-hybridized carbons (Fsp3) is 0.333. The van der Waals surface area contributed by atoms with Gasteiger partial charge in [-0.25, -0.2) is 4.79 Å². The molecule has 5 heteroatoms. The van der Waals surface area contributed by atoms with Gasteiger partial charge in [-0.05, 0) is 5.92 Å². The van der Waals surface area contributed by atoms with E-state index in [1.807, 2.05) is 0 Å². The van der Waals surface area contributed by atoms with Crippen molar-refractivity contribution in [2.24, 2.45) is 0 Å². The van der Waals surface area contributed by atoms with Gasteiger partial charge in [-0.1, -0.05) is 13.8 Å². The summed E-state index contributed by atoms with van der Waals surface area (Å²) < 4.78 is 0.474. The summed E-state index contributed by atoms with van der Waals surface area (Å²) in [7, 11) is 0. The average molecular weight is 197 g/mol. The minimum atomic E-state index is -1.25. The van der Waals surface area contributed by atoms with Crippen LogP contribution < -0.4 is 0 Å². The van der Waals surface area contributed by atoms with Crippen molar-refractivity contribution in [1.82, 2.24) is 4.73 Å². The Kier molecular flexibility index (Phi) is 2.60. The SMILES string of the molecule is CC(C)c1c(C=O)cn(O)c1C(=O)O. The van der Waals surface area contributed by atoms with Crippen LogP contribution in [0.4, 0.5) is 0 Å². The van der Waals surface area contributed by atoms with Gasteiger partial charge in [-0.15, -0.1) is 0 Å². The van der Waals surface area contributed by atoms with Crippen LogP contribution in [0.5, 0.6) is 0 Å². The quantitative estimate of drug-likeness (QED) is 0.566. The summed E-state index contributed by atoms with van der Waals surface area (Å²) in [5, 5.41) is 18.0. The van der Waals surface area contributed by atoms with E-state index >= 15 is 0 Å². The van der Waals surface area contributed by atoms with Crippen molar-refractivity contribution in [2.75, 3.05) is 0 Å². The summed E-state index contributed by atoms with van der Waals surface area (Å²) in [6.45, 7) is 3.52. The molecule has 5 nitrogen and oxygen atoms in total. The van der Waals surface area contributed by atoms with Gasteiger partial charge >= 0.3 is 5.97 Å². The fourth-order valence-corrected chi connectivity index (χ4v) is 1.44. The fourth-order valence-electron chi connectivity index (χ4n) is 1.44. The maximum Gasteiger partial charge on any atom is 0.356 e.